The Morgan fingerprint density at radius 2 is 2.00 bits per heavy atom. The van der Waals surface area contributed by atoms with Crippen molar-refractivity contribution in [3.63, 3.8) is 0 Å². The van der Waals surface area contributed by atoms with Gasteiger partial charge in [0, 0.05) is 11.6 Å². The highest BCUT2D eigenvalue weighted by Crippen LogP contribution is 2.24. The zero-order chi connectivity index (χ0) is 9.97. The molecule has 14 heavy (non-hydrogen) atoms. The van der Waals surface area contributed by atoms with Crippen LogP contribution in [0.5, 0.6) is 5.75 Å². The molecule has 0 aliphatic rings. The second-order valence-electron chi connectivity index (χ2n) is 2.95. The van der Waals surface area contributed by atoms with Crippen LogP contribution >= 0.6 is 0 Å². The minimum absolute atomic E-state index is 0.130. The summed E-state index contributed by atoms with van der Waals surface area (Å²) >= 11 is 0. The van der Waals surface area contributed by atoms with Gasteiger partial charge in [0.15, 0.2) is 0 Å². The molecule has 0 saturated carbocycles. The largest absolute Gasteiger partial charge is 0.508 e. The van der Waals surface area contributed by atoms with Gasteiger partial charge >= 0.3 is 0 Å². The fourth-order valence-corrected chi connectivity index (χ4v) is 1.31. The van der Waals surface area contributed by atoms with Crippen molar-refractivity contribution in [2.75, 3.05) is 0 Å². The quantitative estimate of drug-likeness (QED) is 0.727. The standard InChI is InChI=1S/C12H8FO/c13-12-7-2-1-6-11(12)9-4-3-5-10(14)8-9/h1-6,8,14H. The van der Waals surface area contributed by atoms with Gasteiger partial charge in [0.05, 0.1) is 0 Å². The number of phenols is 1. The van der Waals surface area contributed by atoms with Crippen LogP contribution in [-0.2, 0) is 0 Å². The molecule has 0 saturated heterocycles. The van der Waals surface area contributed by atoms with E-state index in [1.807, 2.05) is 0 Å². The summed E-state index contributed by atoms with van der Waals surface area (Å²) in [6, 6.07) is 13.8. The van der Waals surface area contributed by atoms with E-state index in [0.717, 1.165) is 0 Å². The lowest BCUT2D eigenvalue weighted by molar-refractivity contribution is 0.475. The van der Waals surface area contributed by atoms with Crippen molar-refractivity contribution in [2.45, 2.75) is 0 Å². The molecule has 0 aromatic heterocycles. The molecule has 1 nitrogen and oxygen atoms in total. The predicted octanol–water partition coefficient (Wildman–Crippen LogP) is 3.00. The number of rotatable bonds is 1. The summed E-state index contributed by atoms with van der Waals surface area (Å²) in [7, 11) is 0. The third-order valence-electron chi connectivity index (χ3n) is 1.96. The summed E-state index contributed by atoms with van der Waals surface area (Å²) in [6.45, 7) is 0. The maximum Gasteiger partial charge on any atom is 0.138 e. The second kappa shape index (κ2) is 3.50. The molecule has 0 atom stereocenters. The number of benzene rings is 2. The summed E-state index contributed by atoms with van der Waals surface area (Å²) in [5, 5.41) is 9.23. The van der Waals surface area contributed by atoms with E-state index in [2.05, 4.69) is 6.07 Å². The predicted molar refractivity (Wildman–Crippen MR) is 52.3 cm³/mol. The highest BCUT2D eigenvalue weighted by Gasteiger charge is 2.03. The Morgan fingerprint density at radius 3 is 2.71 bits per heavy atom. The zero-order valence-electron chi connectivity index (χ0n) is 7.37. The van der Waals surface area contributed by atoms with Gasteiger partial charge in [-0.3, -0.25) is 0 Å². The van der Waals surface area contributed by atoms with Gasteiger partial charge in [-0.1, -0.05) is 30.3 Å². The Balaban J connectivity index is 2.55. The van der Waals surface area contributed by atoms with Crippen LogP contribution in [0.15, 0.2) is 42.5 Å². The van der Waals surface area contributed by atoms with E-state index < -0.39 is 5.82 Å². The average molecular weight is 187 g/mol. The third kappa shape index (κ3) is 1.59. The monoisotopic (exact) mass is 187 g/mol. The molecule has 0 unspecified atom stereocenters. The van der Waals surface area contributed by atoms with Gasteiger partial charge in [-0.05, 0) is 17.7 Å². The first-order valence-corrected chi connectivity index (χ1v) is 4.23. The van der Waals surface area contributed by atoms with Crippen molar-refractivity contribution < 1.29 is 9.50 Å². The number of halogens is 1. The molecule has 1 radical (unpaired) electrons. The van der Waals surface area contributed by atoms with E-state index in [0.29, 0.717) is 11.1 Å². The van der Waals surface area contributed by atoms with Crippen molar-refractivity contribution in [1.29, 1.82) is 0 Å². The van der Waals surface area contributed by atoms with E-state index in [1.54, 1.807) is 30.3 Å². The molecule has 0 heterocycles. The summed E-state index contributed by atoms with van der Waals surface area (Å²) in [5.41, 5.74) is 1.10. The van der Waals surface area contributed by atoms with Crippen LogP contribution in [0.2, 0.25) is 0 Å². The molecule has 1 N–H and O–H groups in total. The molecule has 0 fully saturated rings. The Hall–Kier alpha value is -1.83. The maximum atomic E-state index is 13.3. The van der Waals surface area contributed by atoms with Gasteiger partial charge < -0.3 is 5.11 Å². The topological polar surface area (TPSA) is 20.2 Å². The minimum Gasteiger partial charge on any atom is -0.508 e. The number of hydrogen-bond acceptors (Lipinski definition) is 1. The lowest BCUT2D eigenvalue weighted by Gasteiger charge is -2.02. The first kappa shape index (κ1) is 8.75. The van der Waals surface area contributed by atoms with Crippen LogP contribution in [-0.4, -0.2) is 5.11 Å². The number of phenolic OH excluding ortho intramolecular Hbond substituents is 1. The number of hydrogen-bond donors (Lipinski definition) is 1. The highest BCUT2D eigenvalue weighted by atomic mass is 19.1. The fourth-order valence-electron chi connectivity index (χ4n) is 1.31. The van der Waals surface area contributed by atoms with Crippen molar-refractivity contribution in [1.82, 2.24) is 0 Å². The summed E-state index contributed by atoms with van der Waals surface area (Å²) in [4.78, 5) is 0. The van der Waals surface area contributed by atoms with Crippen LogP contribution in [0.3, 0.4) is 0 Å². The molecule has 0 spiro atoms. The van der Waals surface area contributed by atoms with E-state index in [4.69, 9.17) is 0 Å². The smallest absolute Gasteiger partial charge is 0.138 e. The van der Waals surface area contributed by atoms with Crippen molar-refractivity contribution in [2.24, 2.45) is 0 Å². The second-order valence-corrected chi connectivity index (χ2v) is 2.95. The average Bonchev–Trinajstić information content (AvgIpc) is 2.18. The molecule has 2 aromatic carbocycles. The molecule has 0 aliphatic heterocycles. The van der Waals surface area contributed by atoms with Crippen molar-refractivity contribution >= 4 is 0 Å². The molecular formula is C12H8FO. The first-order chi connectivity index (χ1) is 6.77. The molecule has 2 aromatic rings. The van der Waals surface area contributed by atoms with E-state index in [9.17, 15) is 9.50 Å². The molecule has 0 aliphatic carbocycles. The maximum absolute atomic E-state index is 13.3. The first-order valence-electron chi connectivity index (χ1n) is 4.23. The Labute approximate surface area is 81.4 Å². The Bertz CT molecular complexity index is 452. The van der Waals surface area contributed by atoms with E-state index >= 15 is 0 Å². The molecule has 0 bridgehead atoms. The molecule has 2 heteroatoms. The normalized spacial score (nSPS) is 10.1. The van der Waals surface area contributed by atoms with Crippen LogP contribution in [0.25, 0.3) is 11.1 Å². The molecule has 2 rings (SSSR count). The number of aromatic hydroxyl groups is 1. The lowest BCUT2D eigenvalue weighted by Crippen LogP contribution is -1.82. The van der Waals surface area contributed by atoms with E-state index in [1.165, 1.54) is 12.1 Å². The Kier molecular flexibility index (Phi) is 2.19. The van der Waals surface area contributed by atoms with E-state index in [-0.39, 0.29) is 5.75 Å². The van der Waals surface area contributed by atoms with Gasteiger partial charge in [0.1, 0.15) is 11.6 Å². The zero-order valence-corrected chi connectivity index (χ0v) is 7.37. The summed E-state index contributed by atoms with van der Waals surface area (Å²) < 4.78 is 13.3. The summed E-state index contributed by atoms with van der Waals surface area (Å²) in [5.74, 6) is -0.274. The van der Waals surface area contributed by atoms with Crippen molar-refractivity contribution in [3.8, 4) is 16.9 Å². The lowest BCUT2D eigenvalue weighted by atomic mass is 10.1. The van der Waals surface area contributed by atoms with Gasteiger partial charge in [-0.25, -0.2) is 4.39 Å². The van der Waals surface area contributed by atoms with Gasteiger partial charge in [-0.2, -0.15) is 0 Å². The van der Waals surface area contributed by atoms with Crippen LogP contribution in [0, 0.1) is 11.9 Å². The highest BCUT2D eigenvalue weighted by molar-refractivity contribution is 5.65. The molecular weight excluding hydrogens is 179 g/mol. The van der Waals surface area contributed by atoms with Crippen LogP contribution < -0.4 is 0 Å². The summed E-state index contributed by atoms with van der Waals surface area (Å²) in [6.07, 6.45) is 0. The van der Waals surface area contributed by atoms with Crippen LogP contribution in [0.4, 0.5) is 4.39 Å². The van der Waals surface area contributed by atoms with Crippen LogP contribution in [0.1, 0.15) is 0 Å². The molecule has 69 valence electrons. The van der Waals surface area contributed by atoms with Crippen molar-refractivity contribution in [3.05, 3.63) is 54.3 Å². The third-order valence-corrected chi connectivity index (χ3v) is 1.96. The Morgan fingerprint density at radius 1 is 1.14 bits per heavy atom. The van der Waals surface area contributed by atoms with Gasteiger partial charge in [-0.15, -0.1) is 0 Å². The van der Waals surface area contributed by atoms with Gasteiger partial charge in [0.25, 0.3) is 0 Å². The minimum atomic E-state index is -0.405. The van der Waals surface area contributed by atoms with Gasteiger partial charge in [0.2, 0.25) is 0 Å². The fraction of sp³-hybridized carbons (Fsp3) is 0. The SMILES string of the molecule is Oc1cccc(-c2ccc[c]c2F)c1. The molecule has 0 amide bonds.